The van der Waals surface area contributed by atoms with Crippen LogP contribution < -0.4 is 5.32 Å². The highest BCUT2D eigenvalue weighted by Crippen LogP contribution is 2.31. The molecule has 0 fully saturated rings. The van der Waals surface area contributed by atoms with Crippen molar-refractivity contribution in [1.29, 1.82) is 0 Å². The molecule has 1 amide bonds. The smallest absolute Gasteiger partial charge is 0.311 e. The van der Waals surface area contributed by atoms with Crippen LogP contribution in [0.15, 0.2) is 72.8 Å². The molecule has 5 nitrogen and oxygen atoms in total. The Morgan fingerprint density at radius 2 is 1.62 bits per heavy atom. The van der Waals surface area contributed by atoms with Crippen LogP contribution in [0, 0.1) is 0 Å². The Labute approximate surface area is 168 Å². The van der Waals surface area contributed by atoms with Crippen molar-refractivity contribution in [3.05, 3.63) is 78.4 Å². The number of benzene rings is 3. The number of rotatable bonds is 6. The van der Waals surface area contributed by atoms with E-state index in [4.69, 9.17) is 0 Å². The molecule has 1 aromatic heterocycles. The molecule has 0 saturated carbocycles. The van der Waals surface area contributed by atoms with Gasteiger partial charge < -0.3 is 15.0 Å². The predicted octanol–water partition coefficient (Wildman–Crippen LogP) is 5.01. The number of hydrogen-bond donors (Lipinski definition) is 2. The number of aliphatic carboxylic acids is 1. The fourth-order valence-electron chi connectivity index (χ4n) is 3.90. The second-order valence-electron chi connectivity index (χ2n) is 7.05. The number of carboxylic acid groups (broad SMARTS) is 1. The van der Waals surface area contributed by atoms with Gasteiger partial charge in [-0.1, -0.05) is 48.5 Å². The summed E-state index contributed by atoms with van der Waals surface area (Å²) in [4.78, 5) is 24.2. The highest BCUT2D eigenvalue weighted by atomic mass is 16.4. The van der Waals surface area contributed by atoms with E-state index in [1.165, 1.54) is 0 Å². The summed E-state index contributed by atoms with van der Waals surface area (Å²) in [6.07, 6.45) is -0.117. The number of nitrogens with one attached hydrogen (secondary N) is 1. The van der Waals surface area contributed by atoms with Crippen molar-refractivity contribution in [3.63, 3.8) is 0 Å². The first-order valence-electron chi connectivity index (χ1n) is 9.67. The molecule has 0 aliphatic carbocycles. The first kappa shape index (κ1) is 18.7. The number of hydrogen-bond acceptors (Lipinski definition) is 2. The van der Waals surface area contributed by atoms with Crippen LogP contribution in [0.5, 0.6) is 0 Å². The molecular formula is C24H22N2O3. The maximum absolute atomic E-state index is 12.6. The topological polar surface area (TPSA) is 71.3 Å². The second-order valence-corrected chi connectivity index (χ2v) is 7.05. The minimum Gasteiger partial charge on any atom is -0.481 e. The third-order valence-electron chi connectivity index (χ3n) is 5.26. The van der Waals surface area contributed by atoms with Gasteiger partial charge in [0.2, 0.25) is 5.91 Å². The molecule has 2 N–H and O–H groups in total. The van der Waals surface area contributed by atoms with E-state index in [1.807, 2.05) is 36.4 Å². The molecule has 0 radical (unpaired) electrons. The van der Waals surface area contributed by atoms with Gasteiger partial charge in [0.05, 0.1) is 5.92 Å². The van der Waals surface area contributed by atoms with Gasteiger partial charge in [-0.15, -0.1) is 0 Å². The molecule has 0 spiro atoms. The van der Waals surface area contributed by atoms with Crippen molar-refractivity contribution < 1.29 is 14.7 Å². The Bertz CT molecular complexity index is 1190. The fraction of sp³-hybridized carbons (Fsp3) is 0.167. The zero-order valence-corrected chi connectivity index (χ0v) is 16.1. The van der Waals surface area contributed by atoms with E-state index in [-0.39, 0.29) is 12.3 Å². The quantitative estimate of drug-likeness (QED) is 0.489. The highest BCUT2D eigenvalue weighted by Gasteiger charge is 2.23. The number of carbonyl (C=O) groups is 2. The van der Waals surface area contributed by atoms with Gasteiger partial charge in [0.1, 0.15) is 0 Å². The predicted molar refractivity (Wildman–Crippen MR) is 115 cm³/mol. The molecule has 5 heteroatoms. The van der Waals surface area contributed by atoms with E-state index in [0.29, 0.717) is 11.3 Å². The first-order chi connectivity index (χ1) is 14.1. The Morgan fingerprint density at radius 3 is 2.34 bits per heavy atom. The van der Waals surface area contributed by atoms with Crippen molar-refractivity contribution >= 4 is 39.4 Å². The third-order valence-corrected chi connectivity index (χ3v) is 5.26. The highest BCUT2D eigenvalue weighted by molar-refractivity contribution is 6.10. The largest absolute Gasteiger partial charge is 0.481 e. The lowest BCUT2D eigenvalue weighted by Crippen LogP contribution is -2.20. The van der Waals surface area contributed by atoms with Crippen molar-refractivity contribution in [3.8, 4) is 0 Å². The molecule has 0 saturated heterocycles. The minimum atomic E-state index is -1.01. The number of aryl methyl sites for hydroxylation is 1. The summed E-state index contributed by atoms with van der Waals surface area (Å²) < 4.78 is 2.24. The summed E-state index contributed by atoms with van der Waals surface area (Å²) in [5, 5.41) is 14.6. The Hall–Kier alpha value is -3.60. The van der Waals surface area contributed by atoms with Crippen LogP contribution in [-0.4, -0.2) is 21.6 Å². The lowest BCUT2D eigenvalue weighted by molar-refractivity contribution is -0.140. The molecule has 0 unspecified atom stereocenters. The van der Waals surface area contributed by atoms with Crippen LogP contribution in [0.4, 0.5) is 5.69 Å². The summed E-state index contributed by atoms with van der Waals surface area (Å²) in [6, 6.07) is 22.9. The van der Waals surface area contributed by atoms with Crippen LogP contribution in [0.2, 0.25) is 0 Å². The Morgan fingerprint density at radius 1 is 0.931 bits per heavy atom. The van der Waals surface area contributed by atoms with Gasteiger partial charge in [-0.3, -0.25) is 9.59 Å². The molecule has 1 heterocycles. The molecule has 4 rings (SSSR count). The number of fused-ring (bicyclic) bond motifs is 3. The first-order valence-corrected chi connectivity index (χ1v) is 9.67. The molecule has 4 aromatic rings. The number of carbonyl (C=O) groups excluding carboxylic acids is 1. The van der Waals surface area contributed by atoms with E-state index >= 15 is 0 Å². The van der Waals surface area contributed by atoms with Crippen LogP contribution >= 0.6 is 0 Å². The lowest BCUT2D eigenvalue weighted by Gasteiger charge is -2.13. The van der Waals surface area contributed by atoms with Gasteiger partial charge in [-0.05, 0) is 36.8 Å². The molecule has 0 bridgehead atoms. The van der Waals surface area contributed by atoms with Crippen LogP contribution in [0.3, 0.4) is 0 Å². The second kappa shape index (κ2) is 7.80. The lowest BCUT2D eigenvalue weighted by atomic mass is 9.95. The van der Waals surface area contributed by atoms with E-state index in [2.05, 4.69) is 28.9 Å². The summed E-state index contributed by atoms with van der Waals surface area (Å²) in [6.45, 7) is 2.96. The summed E-state index contributed by atoms with van der Waals surface area (Å²) in [5.74, 6) is -2.20. The number of carboxylic acids is 1. The maximum Gasteiger partial charge on any atom is 0.311 e. The fourth-order valence-corrected chi connectivity index (χ4v) is 3.90. The van der Waals surface area contributed by atoms with Crippen LogP contribution in [0.25, 0.3) is 21.8 Å². The Balaban J connectivity index is 1.61. The molecule has 3 aromatic carbocycles. The molecule has 0 aliphatic rings. The van der Waals surface area contributed by atoms with Crippen LogP contribution in [0.1, 0.15) is 24.8 Å². The number of amides is 1. The maximum atomic E-state index is 12.6. The SMILES string of the molecule is CCn1c2ccccc2c2cc(NC(=O)C[C@@H](C(=O)O)c3ccccc3)ccc21. The van der Waals surface area contributed by atoms with Gasteiger partial charge in [0.15, 0.2) is 0 Å². The van der Waals surface area contributed by atoms with Crippen LogP contribution in [-0.2, 0) is 16.1 Å². The minimum absolute atomic E-state index is 0.117. The molecule has 0 aliphatic heterocycles. The zero-order valence-electron chi connectivity index (χ0n) is 16.1. The van der Waals surface area contributed by atoms with E-state index in [0.717, 1.165) is 28.4 Å². The van der Waals surface area contributed by atoms with Crippen molar-refractivity contribution in [1.82, 2.24) is 4.57 Å². The zero-order chi connectivity index (χ0) is 20.4. The average Bonchev–Trinajstić information content (AvgIpc) is 3.05. The van der Waals surface area contributed by atoms with Gasteiger partial charge in [-0.2, -0.15) is 0 Å². The number of anilines is 1. The van der Waals surface area contributed by atoms with Gasteiger partial charge in [0, 0.05) is 40.5 Å². The molecule has 146 valence electrons. The number of para-hydroxylation sites is 1. The van der Waals surface area contributed by atoms with Gasteiger partial charge in [0.25, 0.3) is 0 Å². The van der Waals surface area contributed by atoms with Gasteiger partial charge >= 0.3 is 5.97 Å². The summed E-state index contributed by atoms with van der Waals surface area (Å²) >= 11 is 0. The molecule has 1 atom stereocenters. The van der Waals surface area contributed by atoms with E-state index in [1.54, 1.807) is 24.3 Å². The van der Waals surface area contributed by atoms with Crippen molar-refractivity contribution in [2.24, 2.45) is 0 Å². The third kappa shape index (κ3) is 3.59. The monoisotopic (exact) mass is 386 g/mol. The molecule has 29 heavy (non-hydrogen) atoms. The van der Waals surface area contributed by atoms with Crippen molar-refractivity contribution in [2.75, 3.05) is 5.32 Å². The number of aromatic nitrogens is 1. The normalized spacial score (nSPS) is 12.2. The standard InChI is InChI=1S/C24H22N2O3/c1-2-26-21-11-7-6-10-18(21)20-14-17(12-13-22(20)26)25-23(27)15-19(24(28)29)16-8-4-3-5-9-16/h3-14,19H,2,15H2,1H3,(H,25,27)(H,28,29)/t19-/m1/s1. The molecular weight excluding hydrogens is 364 g/mol. The summed E-state index contributed by atoms with van der Waals surface area (Å²) in [7, 11) is 0. The van der Waals surface area contributed by atoms with Gasteiger partial charge in [-0.25, -0.2) is 0 Å². The average molecular weight is 386 g/mol. The summed E-state index contributed by atoms with van der Waals surface area (Å²) in [5.41, 5.74) is 3.55. The number of nitrogens with zero attached hydrogens (tertiary/aromatic N) is 1. The van der Waals surface area contributed by atoms with E-state index < -0.39 is 11.9 Å². The van der Waals surface area contributed by atoms with Crippen molar-refractivity contribution in [2.45, 2.75) is 25.8 Å². The Kier molecular flexibility index (Phi) is 5.04. The van der Waals surface area contributed by atoms with E-state index in [9.17, 15) is 14.7 Å².